The molecule has 0 radical (unpaired) electrons. The minimum atomic E-state index is -0.174. The summed E-state index contributed by atoms with van der Waals surface area (Å²) >= 11 is 5.85. The van der Waals surface area contributed by atoms with E-state index in [9.17, 15) is 9.59 Å². The highest BCUT2D eigenvalue weighted by atomic mass is 35.5. The van der Waals surface area contributed by atoms with Gasteiger partial charge in [-0.1, -0.05) is 43.0 Å². The maximum atomic E-state index is 12.0. The Kier molecular flexibility index (Phi) is 6.25. The molecule has 0 heterocycles. The second-order valence-corrected chi connectivity index (χ2v) is 6.33. The number of carbonyl (C=O) groups is 2. The van der Waals surface area contributed by atoms with Crippen LogP contribution in [0.2, 0.25) is 5.02 Å². The van der Waals surface area contributed by atoms with Gasteiger partial charge < -0.3 is 10.6 Å². The Morgan fingerprint density at radius 2 is 1.82 bits per heavy atom. The average molecular weight is 323 g/mol. The van der Waals surface area contributed by atoms with Crippen molar-refractivity contribution in [1.29, 1.82) is 0 Å². The third kappa shape index (κ3) is 5.02. The summed E-state index contributed by atoms with van der Waals surface area (Å²) in [6.07, 6.45) is 5.31. The molecule has 0 saturated heterocycles. The molecule has 1 unspecified atom stereocenters. The summed E-state index contributed by atoms with van der Waals surface area (Å²) in [4.78, 5) is 23.9. The molecule has 1 fully saturated rings. The summed E-state index contributed by atoms with van der Waals surface area (Å²) in [6.45, 7) is 1.94. The molecule has 2 rings (SSSR count). The van der Waals surface area contributed by atoms with Gasteiger partial charge in [-0.05, 0) is 37.5 Å². The van der Waals surface area contributed by atoms with E-state index in [-0.39, 0.29) is 30.3 Å². The zero-order valence-electron chi connectivity index (χ0n) is 12.9. The zero-order valence-corrected chi connectivity index (χ0v) is 13.7. The van der Waals surface area contributed by atoms with Gasteiger partial charge in [-0.2, -0.15) is 0 Å². The lowest BCUT2D eigenvalue weighted by Crippen LogP contribution is -2.40. The first kappa shape index (κ1) is 16.8. The van der Waals surface area contributed by atoms with Crippen molar-refractivity contribution < 1.29 is 9.59 Å². The molecular weight excluding hydrogens is 300 g/mol. The van der Waals surface area contributed by atoms with Crippen LogP contribution in [0.4, 0.5) is 0 Å². The molecule has 2 amide bonds. The molecule has 5 heteroatoms. The van der Waals surface area contributed by atoms with E-state index in [4.69, 9.17) is 11.6 Å². The third-order valence-electron chi connectivity index (χ3n) is 4.15. The smallest absolute Gasteiger partial charge is 0.239 e. The molecule has 120 valence electrons. The Morgan fingerprint density at radius 3 is 2.45 bits per heavy atom. The lowest BCUT2D eigenvalue weighted by molar-refractivity contribution is -0.129. The van der Waals surface area contributed by atoms with Crippen LogP contribution in [0.3, 0.4) is 0 Å². The van der Waals surface area contributed by atoms with E-state index in [0.717, 1.165) is 31.2 Å². The van der Waals surface area contributed by atoms with Crippen molar-refractivity contribution in [3.8, 4) is 0 Å². The summed E-state index contributed by atoms with van der Waals surface area (Å²) in [7, 11) is 0. The molecule has 0 aliphatic heterocycles. The van der Waals surface area contributed by atoms with Crippen molar-refractivity contribution >= 4 is 23.4 Å². The quantitative estimate of drug-likeness (QED) is 0.874. The van der Waals surface area contributed by atoms with E-state index in [1.54, 1.807) is 12.1 Å². The van der Waals surface area contributed by atoms with E-state index in [1.807, 2.05) is 19.1 Å². The van der Waals surface area contributed by atoms with E-state index in [0.29, 0.717) is 5.02 Å². The lowest BCUT2D eigenvalue weighted by Gasteiger charge is -2.21. The molecule has 1 aliphatic carbocycles. The van der Waals surface area contributed by atoms with E-state index in [1.165, 1.54) is 6.42 Å². The molecule has 1 aromatic carbocycles. The largest absolute Gasteiger partial charge is 0.348 e. The fourth-order valence-electron chi connectivity index (χ4n) is 2.80. The van der Waals surface area contributed by atoms with Crippen LogP contribution < -0.4 is 10.6 Å². The predicted molar refractivity (Wildman–Crippen MR) is 87.6 cm³/mol. The van der Waals surface area contributed by atoms with Crippen LogP contribution in [-0.4, -0.2) is 18.4 Å². The van der Waals surface area contributed by atoms with Crippen molar-refractivity contribution in [1.82, 2.24) is 10.6 Å². The average Bonchev–Trinajstić information content (AvgIpc) is 2.54. The molecular formula is C17H23ClN2O2. The molecule has 0 aromatic heterocycles. The molecule has 0 spiro atoms. The number of benzene rings is 1. The van der Waals surface area contributed by atoms with E-state index in [2.05, 4.69) is 10.6 Å². The van der Waals surface area contributed by atoms with E-state index < -0.39 is 0 Å². The summed E-state index contributed by atoms with van der Waals surface area (Å²) in [5.74, 6) is -0.0872. The van der Waals surface area contributed by atoms with Crippen LogP contribution in [0.15, 0.2) is 24.3 Å². The van der Waals surface area contributed by atoms with Crippen molar-refractivity contribution in [2.45, 2.75) is 45.1 Å². The first-order chi connectivity index (χ1) is 10.6. The number of hydrogen-bond acceptors (Lipinski definition) is 2. The first-order valence-corrected chi connectivity index (χ1v) is 8.26. The van der Waals surface area contributed by atoms with Gasteiger partial charge in [0.25, 0.3) is 0 Å². The minimum absolute atomic E-state index is 0.00833. The highest BCUT2D eigenvalue weighted by molar-refractivity contribution is 6.30. The number of nitrogens with one attached hydrogen (secondary N) is 2. The highest BCUT2D eigenvalue weighted by Crippen LogP contribution is 2.23. The Morgan fingerprint density at radius 1 is 1.18 bits per heavy atom. The Bertz CT molecular complexity index is 510. The molecule has 4 nitrogen and oxygen atoms in total. The molecule has 0 bridgehead atoms. The molecule has 22 heavy (non-hydrogen) atoms. The summed E-state index contributed by atoms with van der Waals surface area (Å²) in [6, 6.07) is 7.24. The van der Waals surface area contributed by atoms with Crippen LogP contribution in [0.5, 0.6) is 0 Å². The van der Waals surface area contributed by atoms with Gasteiger partial charge >= 0.3 is 0 Å². The lowest BCUT2D eigenvalue weighted by atomic mass is 9.89. The van der Waals surface area contributed by atoms with Crippen molar-refractivity contribution in [2.75, 3.05) is 6.54 Å². The Hall–Kier alpha value is -1.55. The van der Waals surface area contributed by atoms with Gasteiger partial charge in [0.1, 0.15) is 0 Å². The number of rotatable bonds is 5. The maximum absolute atomic E-state index is 12.0. The van der Waals surface area contributed by atoms with Crippen LogP contribution in [-0.2, 0) is 9.59 Å². The Balaban J connectivity index is 1.75. The SMILES string of the molecule is CC(NC(=O)CNC(=O)C1CCCCC1)c1ccc(Cl)cc1. The molecule has 2 N–H and O–H groups in total. The summed E-state index contributed by atoms with van der Waals surface area (Å²) in [5.41, 5.74) is 0.983. The summed E-state index contributed by atoms with van der Waals surface area (Å²) < 4.78 is 0. The number of hydrogen-bond donors (Lipinski definition) is 2. The standard InChI is InChI=1S/C17H23ClN2O2/c1-12(13-7-9-15(18)10-8-13)20-16(21)11-19-17(22)14-5-3-2-4-6-14/h7-10,12,14H,2-6,11H2,1H3,(H,19,22)(H,20,21). The molecule has 1 aliphatic rings. The first-order valence-electron chi connectivity index (χ1n) is 7.89. The number of halogens is 1. The summed E-state index contributed by atoms with van der Waals surface area (Å²) in [5, 5.41) is 6.29. The fraction of sp³-hybridized carbons (Fsp3) is 0.529. The van der Waals surface area contributed by atoms with Crippen molar-refractivity contribution in [3.63, 3.8) is 0 Å². The van der Waals surface area contributed by atoms with Crippen molar-refractivity contribution in [2.24, 2.45) is 5.92 Å². The second kappa shape index (κ2) is 8.18. The zero-order chi connectivity index (χ0) is 15.9. The number of carbonyl (C=O) groups excluding carboxylic acids is 2. The van der Waals surface area contributed by atoms with Gasteiger partial charge in [0, 0.05) is 10.9 Å². The molecule has 1 aromatic rings. The topological polar surface area (TPSA) is 58.2 Å². The van der Waals surface area contributed by atoms with Crippen LogP contribution in [0, 0.1) is 5.92 Å². The molecule has 1 saturated carbocycles. The van der Waals surface area contributed by atoms with Crippen LogP contribution >= 0.6 is 11.6 Å². The van der Waals surface area contributed by atoms with Gasteiger partial charge in [-0.15, -0.1) is 0 Å². The predicted octanol–water partition coefficient (Wildman–Crippen LogP) is 3.21. The van der Waals surface area contributed by atoms with Crippen LogP contribution in [0.1, 0.15) is 50.6 Å². The van der Waals surface area contributed by atoms with Crippen LogP contribution in [0.25, 0.3) is 0 Å². The van der Waals surface area contributed by atoms with Gasteiger partial charge in [-0.3, -0.25) is 9.59 Å². The van der Waals surface area contributed by atoms with Gasteiger partial charge in [0.05, 0.1) is 12.6 Å². The van der Waals surface area contributed by atoms with Gasteiger partial charge in [0.2, 0.25) is 11.8 Å². The van der Waals surface area contributed by atoms with E-state index >= 15 is 0 Å². The molecule has 1 atom stereocenters. The van der Waals surface area contributed by atoms with Gasteiger partial charge in [-0.25, -0.2) is 0 Å². The third-order valence-corrected chi connectivity index (χ3v) is 4.40. The second-order valence-electron chi connectivity index (χ2n) is 5.89. The minimum Gasteiger partial charge on any atom is -0.348 e. The Labute approximate surface area is 136 Å². The monoisotopic (exact) mass is 322 g/mol. The highest BCUT2D eigenvalue weighted by Gasteiger charge is 2.21. The van der Waals surface area contributed by atoms with Crippen molar-refractivity contribution in [3.05, 3.63) is 34.9 Å². The number of amides is 2. The normalized spacial score (nSPS) is 16.8. The fourth-order valence-corrected chi connectivity index (χ4v) is 2.93. The van der Waals surface area contributed by atoms with Gasteiger partial charge in [0.15, 0.2) is 0 Å². The maximum Gasteiger partial charge on any atom is 0.239 e.